The van der Waals surface area contributed by atoms with Gasteiger partial charge in [0.15, 0.2) is 0 Å². The van der Waals surface area contributed by atoms with Crippen LogP contribution in [0.25, 0.3) is 5.69 Å². The van der Waals surface area contributed by atoms with Gasteiger partial charge < -0.3 is 5.32 Å². The molecule has 0 saturated carbocycles. The minimum absolute atomic E-state index is 0.435. The molecule has 0 bridgehead atoms. The van der Waals surface area contributed by atoms with Crippen molar-refractivity contribution in [3.63, 3.8) is 0 Å². The van der Waals surface area contributed by atoms with Crippen molar-refractivity contribution in [1.82, 2.24) is 15.1 Å². The van der Waals surface area contributed by atoms with E-state index in [-0.39, 0.29) is 0 Å². The summed E-state index contributed by atoms with van der Waals surface area (Å²) in [6.45, 7) is 6.67. The van der Waals surface area contributed by atoms with Gasteiger partial charge in [0.1, 0.15) is 0 Å². The average Bonchev–Trinajstić information content (AvgIpc) is 2.87. The Labute approximate surface area is 108 Å². The van der Waals surface area contributed by atoms with Crippen LogP contribution >= 0.6 is 0 Å². The van der Waals surface area contributed by atoms with Crippen LogP contribution in [0.1, 0.15) is 19.0 Å². The first-order chi connectivity index (χ1) is 8.79. The zero-order chi connectivity index (χ0) is 12.8. The number of para-hydroxylation sites is 1. The summed E-state index contributed by atoms with van der Waals surface area (Å²) in [5.41, 5.74) is 2.14. The van der Waals surface area contributed by atoms with Crippen molar-refractivity contribution in [3.8, 4) is 5.69 Å². The van der Waals surface area contributed by atoms with Crippen LogP contribution in [0.3, 0.4) is 0 Å². The zero-order valence-corrected chi connectivity index (χ0v) is 10.7. The molecule has 0 amide bonds. The van der Waals surface area contributed by atoms with Crippen LogP contribution in [0.5, 0.6) is 0 Å². The molecule has 0 aliphatic rings. The normalized spacial score (nSPS) is 12.3. The van der Waals surface area contributed by atoms with Gasteiger partial charge in [-0.05, 0) is 31.5 Å². The van der Waals surface area contributed by atoms with Crippen molar-refractivity contribution in [2.24, 2.45) is 0 Å². The van der Waals surface area contributed by atoms with Crippen molar-refractivity contribution in [2.45, 2.75) is 25.9 Å². The fraction of sp³-hybridized carbons (Fsp3) is 0.267. The van der Waals surface area contributed by atoms with Crippen LogP contribution in [0.2, 0.25) is 0 Å². The molecule has 0 radical (unpaired) electrons. The molecule has 3 heteroatoms. The van der Waals surface area contributed by atoms with Gasteiger partial charge in [-0.25, -0.2) is 4.68 Å². The van der Waals surface area contributed by atoms with Crippen LogP contribution in [0.4, 0.5) is 0 Å². The number of hydrogen-bond donors (Lipinski definition) is 1. The van der Waals surface area contributed by atoms with E-state index >= 15 is 0 Å². The van der Waals surface area contributed by atoms with Crippen LogP contribution in [0, 0.1) is 0 Å². The molecule has 2 rings (SSSR count). The van der Waals surface area contributed by atoms with E-state index in [1.165, 1.54) is 0 Å². The number of aromatic nitrogens is 2. The van der Waals surface area contributed by atoms with E-state index in [0.717, 1.165) is 24.3 Å². The van der Waals surface area contributed by atoms with E-state index in [1.807, 2.05) is 53.4 Å². The van der Waals surface area contributed by atoms with Gasteiger partial charge in [0.2, 0.25) is 0 Å². The Hall–Kier alpha value is -1.87. The van der Waals surface area contributed by atoms with E-state index in [1.54, 1.807) is 0 Å². The van der Waals surface area contributed by atoms with E-state index in [2.05, 4.69) is 23.9 Å². The van der Waals surface area contributed by atoms with Crippen LogP contribution in [0.15, 0.2) is 55.3 Å². The number of rotatable bonds is 6. The van der Waals surface area contributed by atoms with E-state index < -0.39 is 0 Å². The van der Waals surface area contributed by atoms with E-state index in [0.29, 0.717) is 6.04 Å². The number of benzene rings is 1. The Kier molecular flexibility index (Phi) is 4.31. The molecule has 94 valence electrons. The maximum absolute atomic E-state index is 4.54. The summed E-state index contributed by atoms with van der Waals surface area (Å²) in [4.78, 5) is 0. The highest BCUT2D eigenvalue weighted by Gasteiger charge is 2.03. The van der Waals surface area contributed by atoms with Gasteiger partial charge in [-0.3, -0.25) is 0 Å². The highest BCUT2D eigenvalue weighted by atomic mass is 15.3. The molecule has 3 nitrogen and oxygen atoms in total. The summed E-state index contributed by atoms with van der Waals surface area (Å²) < 4.78 is 1.90. The topological polar surface area (TPSA) is 29.9 Å². The Balaban J connectivity index is 1.96. The van der Waals surface area contributed by atoms with Crippen molar-refractivity contribution in [3.05, 3.63) is 60.9 Å². The fourth-order valence-corrected chi connectivity index (χ4v) is 1.79. The molecule has 0 aliphatic heterocycles. The number of nitrogens with zero attached hydrogens (tertiary/aromatic N) is 2. The highest BCUT2D eigenvalue weighted by molar-refractivity contribution is 5.30. The summed E-state index contributed by atoms with van der Waals surface area (Å²) >= 11 is 0. The minimum atomic E-state index is 0.435. The summed E-state index contributed by atoms with van der Waals surface area (Å²) in [7, 11) is 0. The Morgan fingerprint density at radius 3 is 2.83 bits per heavy atom. The lowest BCUT2D eigenvalue weighted by atomic mass is 10.2. The molecule has 0 spiro atoms. The van der Waals surface area contributed by atoms with Gasteiger partial charge in [0.25, 0.3) is 0 Å². The second-order valence-corrected chi connectivity index (χ2v) is 4.39. The lowest BCUT2D eigenvalue weighted by molar-refractivity contribution is 0.545. The molecule has 18 heavy (non-hydrogen) atoms. The van der Waals surface area contributed by atoms with E-state index in [4.69, 9.17) is 0 Å². The van der Waals surface area contributed by atoms with Crippen molar-refractivity contribution in [2.75, 3.05) is 0 Å². The molecule has 1 aromatic carbocycles. The van der Waals surface area contributed by atoms with Crippen LogP contribution in [-0.2, 0) is 6.54 Å². The Morgan fingerprint density at radius 1 is 1.33 bits per heavy atom. The molecule has 1 unspecified atom stereocenters. The van der Waals surface area contributed by atoms with Gasteiger partial charge in [0.05, 0.1) is 11.4 Å². The first-order valence-electron chi connectivity index (χ1n) is 6.24. The summed E-state index contributed by atoms with van der Waals surface area (Å²) in [5, 5.41) is 7.96. The second-order valence-electron chi connectivity index (χ2n) is 4.39. The molecular weight excluding hydrogens is 222 g/mol. The zero-order valence-electron chi connectivity index (χ0n) is 10.7. The third kappa shape index (κ3) is 3.31. The third-order valence-corrected chi connectivity index (χ3v) is 2.82. The standard InChI is InChI=1S/C15H19N3/c1-3-7-13(2)16-12-14-10-11-18(17-14)15-8-5-4-6-9-15/h3-6,8-11,13,16H,1,7,12H2,2H3. The summed E-state index contributed by atoms with van der Waals surface area (Å²) in [5.74, 6) is 0. The first-order valence-corrected chi connectivity index (χ1v) is 6.24. The van der Waals surface area contributed by atoms with Gasteiger partial charge in [-0.15, -0.1) is 6.58 Å². The largest absolute Gasteiger partial charge is 0.308 e. The van der Waals surface area contributed by atoms with Crippen molar-refractivity contribution in [1.29, 1.82) is 0 Å². The Bertz CT molecular complexity index is 487. The van der Waals surface area contributed by atoms with Gasteiger partial charge in [-0.2, -0.15) is 5.10 Å². The van der Waals surface area contributed by atoms with Crippen molar-refractivity contribution < 1.29 is 0 Å². The maximum Gasteiger partial charge on any atom is 0.0766 e. The average molecular weight is 241 g/mol. The second kappa shape index (κ2) is 6.17. The van der Waals surface area contributed by atoms with Crippen molar-refractivity contribution >= 4 is 0 Å². The van der Waals surface area contributed by atoms with Gasteiger partial charge >= 0.3 is 0 Å². The monoisotopic (exact) mass is 241 g/mol. The first kappa shape index (κ1) is 12.6. The molecule has 1 atom stereocenters. The Morgan fingerprint density at radius 2 is 2.11 bits per heavy atom. The predicted molar refractivity (Wildman–Crippen MR) is 74.7 cm³/mol. The molecule has 2 aromatic rings. The van der Waals surface area contributed by atoms with Gasteiger partial charge in [-0.1, -0.05) is 24.3 Å². The number of hydrogen-bond acceptors (Lipinski definition) is 2. The van der Waals surface area contributed by atoms with Gasteiger partial charge in [0, 0.05) is 18.8 Å². The third-order valence-electron chi connectivity index (χ3n) is 2.82. The van der Waals surface area contributed by atoms with E-state index in [9.17, 15) is 0 Å². The SMILES string of the molecule is C=CCC(C)NCc1ccn(-c2ccccc2)n1. The molecule has 0 fully saturated rings. The quantitative estimate of drug-likeness (QED) is 0.788. The predicted octanol–water partition coefficient (Wildman–Crippen LogP) is 2.93. The number of nitrogens with one attached hydrogen (secondary N) is 1. The lowest BCUT2D eigenvalue weighted by Gasteiger charge is -2.09. The smallest absolute Gasteiger partial charge is 0.0766 e. The molecular formula is C15H19N3. The molecule has 0 saturated heterocycles. The summed E-state index contributed by atoms with van der Waals surface area (Å²) in [6, 6.07) is 12.6. The molecule has 1 N–H and O–H groups in total. The summed E-state index contributed by atoms with van der Waals surface area (Å²) in [6.07, 6.45) is 4.89. The highest BCUT2D eigenvalue weighted by Crippen LogP contribution is 2.07. The molecule has 1 aromatic heterocycles. The van der Waals surface area contributed by atoms with Crippen LogP contribution < -0.4 is 5.32 Å². The van der Waals surface area contributed by atoms with Crippen LogP contribution in [-0.4, -0.2) is 15.8 Å². The molecule has 1 heterocycles. The fourth-order valence-electron chi connectivity index (χ4n) is 1.79. The minimum Gasteiger partial charge on any atom is -0.308 e. The maximum atomic E-state index is 4.54. The molecule has 0 aliphatic carbocycles. The lowest BCUT2D eigenvalue weighted by Crippen LogP contribution is -2.24.